The molecule has 2 aromatic heterocycles. The normalized spacial score (nSPS) is 19.7. The number of hydrogen-bond acceptors (Lipinski definition) is 5. The van der Waals surface area contributed by atoms with E-state index in [9.17, 15) is 14.4 Å². The minimum Gasteiger partial charge on any atom is -0.478 e. The van der Waals surface area contributed by atoms with Crippen LogP contribution in [-0.2, 0) is 23.2 Å². The molecule has 0 unspecified atom stereocenters. The third-order valence-electron chi connectivity index (χ3n) is 5.21. The fraction of sp³-hybridized carbons (Fsp3) is 0.474. The van der Waals surface area contributed by atoms with Crippen LogP contribution >= 0.6 is 0 Å². The summed E-state index contributed by atoms with van der Waals surface area (Å²) in [5.41, 5.74) is 0.902. The van der Waals surface area contributed by atoms with Crippen LogP contribution in [0.25, 0.3) is 0 Å². The molecule has 150 valence electrons. The van der Waals surface area contributed by atoms with Gasteiger partial charge >= 0.3 is 5.97 Å². The number of aryl methyl sites for hydroxylation is 2. The molecule has 2 aromatic rings. The zero-order valence-corrected chi connectivity index (χ0v) is 16.4. The fourth-order valence-electron chi connectivity index (χ4n) is 3.77. The van der Waals surface area contributed by atoms with E-state index in [0.29, 0.717) is 24.4 Å². The summed E-state index contributed by atoms with van der Waals surface area (Å²) in [6, 6.07) is 1.05. The summed E-state index contributed by atoms with van der Waals surface area (Å²) in [4.78, 5) is 39.7. The number of piperidine rings is 1. The van der Waals surface area contributed by atoms with Crippen molar-refractivity contribution in [3.8, 4) is 0 Å². The molecule has 9 heteroatoms. The van der Waals surface area contributed by atoms with E-state index in [1.165, 1.54) is 11.0 Å². The van der Waals surface area contributed by atoms with Crippen LogP contribution in [0, 0.1) is 12.8 Å². The number of aromatic carboxylic acids is 1. The molecule has 3 rings (SSSR count). The van der Waals surface area contributed by atoms with Crippen molar-refractivity contribution in [3.63, 3.8) is 0 Å². The van der Waals surface area contributed by atoms with Crippen molar-refractivity contribution in [2.24, 2.45) is 13.0 Å². The van der Waals surface area contributed by atoms with Crippen LogP contribution in [0.15, 0.2) is 22.9 Å². The van der Waals surface area contributed by atoms with Gasteiger partial charge < -0.3 is 19.3 Å². The largest absolute Gasteiger partial charge is 0.478 e. The van der Waals surface area contributed by atoms with Crippen molar-refractivity contribution >= 4 is 17.8 Å². The molecule has 1 aliphatic rings. The SMILES string of the molecule is Cc1oc(CN(C)C(=O)[C@H]2CCC(=O)N(C)[C@H]2c2cnn(C)c2)cc1C(=O)O. The number of amides is 2. The summed E-state index contributed by atoms with van der Waals surface area (Å²) in [5.74, 6) is -0.895. The van der Waals surface area contributed by atoms with Gasteiger partial charge in [-0.1, -0.05) is 0 Å². The minimum absolute atomic E-state index is 0.00619. The first kappa shape index (κ1) is 19.7. The molecule has 1 saturated heterocycles. The minimum atomic E-state index is -1.06. The van der Waals surface area contributed by atoms with Gasteiger partial charge in [0, 0.05) is 39.3 Å². The lowest BCUT2D eigenvalue weighted by atomic mass is 9.84. The zero-order valence-electron chi connectivity index (χ0n) is 16.4. The van der Waals surface area contributed by atoms with Gasteiger partial charge in [-0.2, -0.15) is 5.10 Å². The van der Waals surface area contributed by atoms with E-state index < -0.39 is 17.9 Å². The molecule has 2 atom stereocenters. The Labute approximate surface area is 162 Å². The average molecular weight is 388 g/mol. The molecule has 0 spiro atoms. The van der Waals surface area contributed by atoms with E-state index in [2.05, 4.69) is 5.10 Å². The molecular formula is C19H24N4O5. The highest BCUT2D eigenvalue weighted by Crippen LogP contribution is 2.36. The van der Waals surface area contributed by atoms with Gasteiger partial charge in [-0.05, 0) is 19.4 Å². The first-order valence-electron chi connectivity index (χ1n) is 9.00. The van der Waals surface area contributed by atoms with Crippen molar-refractivity contribution in [2.45, 2.75) is 32.4 Å². The Morgan fingerprint density at radius 1 is 1.39 bits per heavy atom. The number of carboxylic acids is 1. The van der Waals surface area contributed by atoms with Crippen LogP contribution in [0.1, 0.15) is 46.3 Å². The molecule has 0 aromatic carbocycles. The molecule has 0 aliphatic carbocycles. The first-order valence-corrected chi connectivity index (χ1v) is 9.00. The van der Waals surface area contributed by atoms with Crippen molar-refractivity contribution in [2.75, 3.05) is 14.1 Å². The van der Waals surface area contributed by atoms with Gasteiger partial charge in [-0.15, -0.1) is 0 Å². The summed E-state index contributed by atoms with van der Waals surface area (Å²) >= 11 is 0. The molecule has 28 heavy (non-hydrogen) atoms. The second-order valence-corrected chi connectivity index (χ2v) is 7.22. The Morgan fingerprint density at radius 3 is 2.68 bits per heavy atom. The zero-order chi connectivity index (χ0) is 20.6. The summed E-state index contributed by atoms with van der Waals surface area (Å²) in [5, 5.41) is 13.3. The Bertz CT molecular complexity index is 915. The lowest BCUT2D eigenvalue weighted by molar-refractivity contribution is -0.146. The van der Waals surface area contributed by atoms with Crippen molar-refractivity contribution in [1.29, 1.82) is 0 Å². The number of hydrogen-bond donors (Lipinski definition) is 1. The predicted octanol–water partition coefficient (Wildman–Crippen LogP) is 1.59. The number of aromatic nitrogens is 2. The smallest absolute Gasteiger partial charge is 0.339 e. The quantitative estimate of drug-likeness (QED) is 0.833. The van der Waals surface area contributed by atoms with Crippen LogP contribution in [0.4, 0.5) is 0 Å². The molecule has 3 heterocycles. The Morgan fingerprint density at radius 2 is 2.11 bits per heavy atom. The number of carbonyl (C=O) groups is 3. The van der Waals surface area contributed by atoms with Gasteiger partial charge in [0.05, 0.1) is 24.7 Å². The highest BCUT2D eigenvalue weighted by Gasteiger charge is 2.40. The van der Waals surface area contributed by atoms with Crippen LogP contribution in [0.2, 0.25) is 0 Å². The Balaban J connectivity index is 1.81. The van der Waals surface area contributed by atoms with E-state index in [4.69, 9.17) is 9.52 Å². The van der Waals surface area contributed by atoms with Crippen LogP contribution in [0.5, 0.6) is 0 Å². The average Bonchev–Trinajstić information content (AvgIpc) is 3.22. The van der Waals surface area contributed by atoms with E-state index in [0.717, 1.165) is 5.56 Å². The molecule has 0 bridgehead atoms. The van der Waals surface area contributed by atoms with E-state index in [1.807, 2.05) is 6.20 Å². The lowest BCUT2D eigenvalue weighted by Crippen LogP contribution is -2.46. The maximum absolute atomic E-state index is 13.2. The molecule has 0 saturated carbocycles. The van der Waals surface area contributed by atoms with Crippen LogP contribution in [-0.4, -0.2) is 56.6 Å². The summed E-state index contributed by atoms with van der Waals surface area (Å²) < 4.78 is 7.13. The second kappa shape index (κ2) is 7.49. The maximum atomic E-state index is 13.2. The maximum Gasteiger partial charge on any atom is 0.339 e. The topological polar surface area (TPSA) is 109 Å². The van der Waals surface area contributed by atoms with Crippen molar-refractivity contribution in [3.05, 3.63) is 41.1 Å². The Hall–Kier alpha value is -3.10. The van der Waals surface area contributed by atoms with Crippen molar-refractivity contribution < 1.29 is 23.9 Å². The molecule has 9 nitrogen and oxygen atoms in total. The molecule has 1 fully saturated rings. The third kappa shape index (κ3) is 3.64. The number of carbonyl (C=O) groups excluding carboxylic acids is 2. The predicted molar refractivity (Wildman–Crippen MR) is 98.3 cm³/mol. The molecule has 0 radical (unpaired) electrons. The second-order valence-electron chi connectivity index (χ2n) is 7.22. The summed E-state index contributed by atoms with van der Waals surface area (Å²) in [7, 11) is 5.14. The monoisotopic (exact) mass is 388 g/mol. The highest BCUT2D eigenvalue weighted by molar-refractivity contribution is 5.89. The summed E-state index contributed by atoms with van der Waals surface area (Å²) in [6.45, 7) is 1.73. The molecule has 1 N–H and O–H groups in total. The molecule has 2 amide bonds. The lowest BCUT2D eigenvalue weighted by Gasteiger charge is -2.39. The standard InChI is InChI=1S/C19H24N4O5/c1-11-15(19(26)27)7-13(28-11)10-21(2)18(25)14-5-6-16(24)23(4)17(14)12-8-20-22(3)9-12/h7-9,14,17H,5-6,10H2,1-4H3,(H,26,27)/t14-,17-/m0/s1. The summed E-state index contributed by atoms with van der Waals surface area (Å²) in [6.07, 6.45) is 4.24. The van der Waals surface area contributed by atoms with Gasteiger partial charge in [0.15, 0.2) is 0 Å². The van der Waals surface area contributed by atoms with Gasteiger partial charge in [0.25, 0.3) is 0 Å². The fourth-order valence-corrected chi connectivity index (χ4v) is 3.77. The third-order valence-corrected chi connectivity index (χ3v) is 5.21. The van der Waals surface area contributed by atoms with Crippen LogP contribution < -0.4 is 0 Å². The van der Waals surface area contributed by atoms with Gasteiger partial charge in [0.1, 0.15) is 17.1 Å². The van der Waals surface area contributed by atoms with Crippen LogP contribution in [0.3, 0.4) is 0 Å². The van der Waals surface area contributed by atoms with E-state index in [1.54, 1.807) is 43.8 Å². The molecular weight excluding hydrogens is 364 g/mol. The number of furan rings is 1. The number of likely N-dealkylation sites (tertiary alicyclic amines) is 1. The highest BCUT2D eigenvalue weighted by atomic mass is 16.4. The van der Waals surface area contributed by atoms with Crippen molar-refractivity contribution in [1.82, 2.24) is 19.6 Å². The van der Waals surface area contributed by atoms with E-state index in [-0.39, 0.29) is 23.9 Å². The van der Waals surface area contributed by atoms with Gasteiger partial charge in [-0.3, -0.25) is 14.3 Å². The van der Waals surface area contributed by atoms with Gasteiger partial charge in [-0.25, -0.2) is 4.79 Å². The first-order chi connectivity index (χ1) is 13.2. The number of rotatable bonds is 5. The van der Waals surface area contributed by atoms with Gasteiger partial charge in [0.2, 0.25) is 11.8 Å². The Kier molecular flexibility index (Phi) is 5.26. The number of carboxylic acid groups (broad SMARTS) is 1. The molecule has 1 aliphatic heterocycles. The number of nitrogens with zero attached hydrogens (tertiary/aromatic N) is 4. The van der Waals surface area contributed by atoms with E-state index >= 15 is 0 Å².